The van der Waals surface area contributed by atoms with Crippen molar-refractivity contribution in [3.8, 4) is 0 Å². The van der Waals surface area contributed by atoms with Crippen LogP contribution in [-0.4, -0.2) is 41.3 Å². The molecule has 0 aromatic rings. The molecule has 4 nitrogen and oxygen atoms in total. The number of rotatable bonds is 2. The van der Waals surface area contributed by atoms with Gasteiger partial charge in [0, 0.05) is 31.6 Å². The van der Waals surface area contributed by atoms with Gasteiger partial charge >= 0.3 is 0 Å². The van der Waals surface area contributed by atoms with E-state index in [-0.39, 0.29) is 10.7 Å². The molecule has 0 amide bonds. The van der Waals surface area contributed by atoms with E-state index in [9.17, 15) is 10.4 Å². The third-order valence-electron chi connectivity index (χ3n) is 6.22. The highest BCUT2D eigenvalue weighted by molar-refractivity contribution is 5.80. The van der Waals surface area contributed by atoms with Gasteiger partial charge in [0.15, 0.2) is 12.3 Å². The summed E-state index contributed by atoms with van der Waals surface area (Å²) in [7, 11) is 1.87. The zero-order valence-corrected chi connectivity index (χ0v) is 13.6. The van der Waals surface area contributed by atoms with E-state index in [2.05, 4.69) is 6.92 Å². The molecule has 21 heavy (non-hydrogen) atoms. The molecule has 0 unspecified atom stereocenters. The topological polar surface area (TPSA) is 49.1 Å². The molecule has 1 saturated carbocycles. The molecule has 0 bridgehead atoms. The van der Waals surface area contributed by atoms with E-state index in [1.807, 2.05) is 7.05 Å². The Morgan fingerprint density at radius 1 is 1.24 bits per heavy atom. The number of fused-ring (bicyclic) bond motifs is 1. The number of hydroxylamine groups is 4. The second-order valence-electron chi connectivity index (χ2n) is 7.94. The molecule has 1 aliphatic carbocycles. The molecule has 0 aromatic heterocycles. The van der Waals surface area contributed by atoms with Gasteiger partial charge in [-0.05, 0) is 37.5 Å². The molecule has 120 valence electrons. The fourth-order valence-electron chi connectivity index (χ4n) is 5.16. The smallest absolute Gasteiger partial charge is 0.163 e. The summed E-state index contributed by atoms with van der Waals surface area (Å²) in [5.41, 5.74) is 1.12. The molecule has 0 aromatic carbocycles. The molecule has 2 aliphatic heterocycles. The van der Waals surface area contributed by atoms with Gasteiger partial charge in [-0.3, -0.25) is 0 Å². The molecule has 0 N–H and O–H groups in total. The molecule has 2 fully saturated rings. The maximum atomic E-state index is 12.8. The highest BCUT2D eigenvalue weighted by Gasteiger charge is 2.46. The quantitative estimate of drug-likeness (QED) is 0.446. The molecule has 0 spiro atoms. The lowest BCUT2D eigenvalue weighted by Crippen LogP contribution is -2.58. The lowest BCUT2D eigenvalue weighted by Gasteiger charge is -2.56. The second kappa shape index (κ2) is 5.88. The first-order chi connectivity index (χ1) is 9.97. The van der Waals surface area contributed by atoms with Crippen molar-refractivity contribution in [1.82, 2.24) is 0 Å². The van der Waals surface area contributed by atoms with Gasteiger partial charge in [0.25, 0.3) is 0 Å². The Morgan fingerprint density at radius 3 is 2.81 bits per heavy atom. The summed E-state index contributed by atoms with van der Waals surface area (Å²) >= 11 is 0. The summed E-state index contributed by atoms with van der Waals surface area (Å²) in [6, 6.07) is 0.275. The fourth-order valence-corrected chi connectivity index (χ4v) is 5.16. The Balaban J connectivity index is 1.77. The van der Waals surface area contributed by atoms with Crippen LogP contribution < -0.4 is 0 Å². The van der Waals surface area contributed by atoms with E-state index < -0.39 is 0 Å². The zero-order chi connectivity index (χ0) is 15.0. The maximum Gasteiger partial charge on any atom is 0.163 e. The van der Waals surface area contributed by atoms with Crippen molar-refractivity contribution in [1.29, 1.82) is 0 Å². The molecular formula is C17H30N2O2. The Kier molecular flexibility index (Phi) is 4.28. The molecule has 2 heterocycles. The third-order valence-corrected chi connectivity index (χ3v) is 6.22. The van der Waals surface area contributed by atoms with Crippen molar-refractivity contribution < 1.29 is 9.39 Å². The van der Waals surface area contributed by atoms with Crippen LogP contribution in [0.1, 0.15) is 58.3 Å². The van der Waals surface area contributed by atoms with Crippen LogP contribution in [0.4, 0.5) is 0 Å². The van der Waals surface area contributed by atoms with E-state index in [0.717, 1.165) is 44.4 Å². The average molecular weight is 294 g/mol. The minimum Gasteiger partial charge on any atom is -0.633 e. The van der Waals surface area contributed by atoms with Crippen molar-refractivity contribution in [3.05, 3.63) is 10.4 Å². The maximum absolute atomic E-state index is 12.8. The molecule has 0 radical (unpaired) electrons. The Hall–Kier alpha value is -0.610. The number of nitrogens with zero attached hydrogens (tertiary/aromatic N) is 2. The first-order valence-corrected chi connectivity index (χ1v) is 8.83. The highest BCUT2D eigenvalue weighted by Crippen LogP contribution is 2.45. The van der Waals surface area contributed by atoms with Gasteiger partial charge in [0.1, 0.15) is 0 Å². The molecule has 3 aliphatic rings. The number of hydrogen-bond donors (Lipinski definition) is 0. The van der Waals surface area contributed by atoms with E-state index in [0.29, 0.717) is 24.3 Å². The standard InChI is InChI=1S/C17H30N2O2/c1-13-10-14(12-15-6-3-4-8-18(15)20)16-7-5-9-19(2,21)17(16)11-13/h13-14,16-17H,3-12H2,1-2H3/t13-,14-,16-,17-,19+/m1/s1. The van der Waals surface area contributed by atoms with E-state index in [1.54, 1.807) is 0 Å². The normalized spacial score (nSPS) is 44.5. The predicted octanol–water partition coefficient (Wildman–Crippen LogP) is 3.28. The van der Waals surface area contributed by atoms with Crippen LogP contribution in [0.3, 0.4) is 0 Å². The van der Waals surface area contributed by atoms with Crippen molar-refractivity contribution in [2.75, 3.05) is 20.1 Å². The van der Waals surface area contributed by atoms with Crippen molar-refractivity contribution in [2.45, 2.75) is 64.3 Å². The molecular weight excluding hydrogens is 264 g/mol. The van der Waals surface area contributed by atoms with Crippen LogP contribution in [0.5, 0.6) is 0 Å². The molecule has 5 atom stereocenters. The van der Waals surface area contributed by atoms with Gasteiger partial charge in [-0.15, -0.1) is 0 Å². The molecule has 1 saturated heterocycles. The first kappa shape index (κ1) is 15.3. The summed E-state index contributed by atoms with van der Waals surface area (Å²) in [4.78, 5) is 0. The van der Waals surface area contributed by atoms with E-state index in [4.69, 9.17) is 0 Å². The third kappa shape index (κ3) is 3.11. The summed E-state index contributed by atoms with van der Waals surface area (Å²) in [5.74, 6) is 1.74. The summed E-state index contributed by atoms with van der Waals surface area (Å²) < 4.78 is 1.22. The summed E-state index contributed by atoms with van der Waals surface area (Å²) in [6.45, 7) is 3.75. The van der Waals surface area contributed by atoms with Crippen LogP contribution >= 0.6 is 0 Å². The lowest BCUT2D eigenvalue weighted by atomic mass is 9.66. The van der Waals surface area contributed by atoms with Crippen molar-refractivity contribution in [3.63, 3.8) is 0 Å². The molecule has 4 heteroatoms. The Labute approximate surface area is 128 Å². The monoisotopic (exact) mass is 294 g/mol. The predicted molar refractivity (Wildman–Crippen MR) is 84.8 cm³/mol. The van der Waals surface area contributed by atoms with Crippen molar-refractivity contribution >= 4 is 5.71 Å². The largest absolute Gasteiger partial charge is 0.633 e. The van der Waals surface area contributed by atoms with E-state index in [1.165, 1.54) is 24.0 Å². The number of likely N-dealkylation sites (tertiary alicyclic amines) is 1. The first-order valence-electron chi connectivity index (χ1n) is 8.83. The van der Waals surface area contributed by atoms with Gasteiger partial charge in [0.05, 0.1) is 19.6 Å². The van der Waals surface area contributed by atoms with Gasteiger partial charge < -0.3 is 15.1 Å². The second-order valence-corrected chi connectivity index (χ2v) is 7.94. The number of hydrogen-bond acceptors (Lipinski definition) is 2. The van der Waals surface area contributed by atoms with Crippen LogP contribution in [0.15, 0.2) is 0 Å². The number of piperidine rings is 1. The van der Waals surface area contributed by atoms with Crippen LogP contribution in [0.2, 0.25) is 0 Å². The van der Waals surface area contributed by atoms with Gasteiger partial charge in [-0.1, -0.05) is 6.92 Å². The minimum absolute atomic E-state index is 0.0398. The highest BCUT2D eigenvalue weighted by atomic mass is 16.5. The zero-order valence-electron chi connectivity index (χ0n) is 13.6. The Morgan fingerprint density at radius 2 is 2.05 bits per heavy atom. The summed E-state index contributed by atoms with van der Waals surface area (Å²) in [5, 5.41) is 24.8. The molecule has 3 rings (SSSR count). The van der Waals surface area contributed by atoms with Crippen LogP contribution in [0, 0.1) is 28.2 Å². The Bertz CT molecular complexity index is 419. The van der Waals surface area contributed by atoms with Crippen LogP contribution in [0.25, 0.3) is 0 Å². The lowest BCUT2D eigenvalue weighted by molar-refractivity contribution is -0.898. The SMILES string of the molecule is C[C@@H]1C[C@H](CC2=[N+]([O-])CCCC2)[C@H]2CCC[N@+](C)([O-])[C@@H]2C1. The average Bonchev–Trinajstić information content (AvgIpc) is 2.42. The van der Waals surface area contributed by atoms with Crippen molar-refractivity contribution in [2.24, 2.45) is 17.8 Å². The number of quaternary nitrogens is 1. The fraction of sp³-hybridized carbons (Fsp3) is 0.941. The van der Waals surface area contributed by atoms with E-state index >= 15 is 0 Å². The van der Waals surface area contributed by atoms with Gasteiger partial charge in [-0.2, -0.15) is 0 Å². The van der Waals surface area contributed by atoms with Gasteiger partial charge in [-0.25, -0.2) is 4.74 Å². The van der Waals surface area contributed by atoms with Gasteiger partial charge in [0.2, 0.25) is 0 Å². The van der Waals surface area contributed by atoms with Crippen LogP contribution in [-0.2, 0) is 0 Å². The minimum atomic E-state index is -0.0398. The summed E-state index contributed by atoms with van der Waals surface area (Å²) in [6.07, 6.45) is 8.68.